The van der Waals surface area contributed by atoms with Crippen LogP contribution in [0.25, 0.3) is 0 Å². The minimum atomic E-state index is -0.0524. The molecule has 1 saturated carbocycles. The molecule has 1 aromatic carbocycles. The van der Waals surface area contributed by atoms with Gasteiger partial charge in [0.15, 0.2) is 0 Å². The largest absolute Gasteiger partial charge is 0.341 e. The van der Waals surface area contributed by atoms with Gasteiger partial charge in [0.05, 0.1) is 5.92 Å². The van der Waals surface area contributed by atoms with Gasteiger partial charge >= 0.3 is 0 Å². The number of benzene rings is 1. The molecule has 0 spiro atoms. The third-order valence-electron chi connectivity index (χ3n) is 3.85. The predicted molar refractivity (Wildman–Crippen MR) is 82.9 cm³/mol. The van der Waals surface area contributed by atoms with Crippen molar-refractivity contribution in [2.75, 3.05) is 7.05 Å². The maximum atomic E-state index is 12.5. The highest BCUT2D eigenvalue weighted by molar-refractivity contribution is 6.34. The number of hydrogen-bond donors (Lipinski definition) is 1. The van der Waals surface area contributed by atoms with E-state index in [0.29, 0.717) is 16.6 Å². The lowest BCUT2D eigenvalue weighted by Gasteiger charge is -2.31. The van der Waals surface area contributed by atoms with Gasteiger partial charge in [-0.1, -0.05) is 36.0 Å². The monoisotopic (exact) mass is 314 g/mol. The van der Waals surface area contributed by atoms with Gasteiger partial charge in [0.2, 0.25) is 5.91 Å². The molecule has 110 valence electrons. The van der Waals surface area contributed by atoms with Crippen LogP contribution in [0.3, 0.4) is 0 Å². The van der Waals surface area contributed by atoms with Crippen LogP contribution in [-0.2, 0) is 11.3 Å². The molecule has 0 bridgehead atoms. The first-order valence-electron chi connectivity index (χ1n) is 6.93. The highest BCUT2D eigenvalue weighted by Crippen LogP contribution is 2.26. The van der Waals surface area contributed by atoms with Gasteiger partial charge in [-0.15, -0.1) is 0 Å². The second-order valence-electron chi connectivity index (χ2n) is 5.53. The molecule has 2 rings (SSSR count). The van der Waals surface area contributed by atoms with Crippen LogP contribution in [0.15, 0.2) is 18.2 Å². The van der Waals surface area contributed by atoms with Gasteiger partial charge in [-0.3, -0.25) is 4.79 Å². The normalized spacial score (nSPS) is 22.6. The molecule has 0 aromatic heterocycles. The fraction of sp³-hybridized carbons (Fsp3) is 0.533. The zero-order valence-electron chi connectivity index (χ0n) is 11.6. The molecule has 1 aromatic rings. The van der Waals surface area contributed by atoms with E-state index in [-0.39, 0.29) is 17.9 Å². The molecule has 1 fully saturated rings. The lowest BCUT2D eigenvalue weighted by atomic mass is 9.84. The second kappa shape index (κ2) is 6.79. The summed E-state index contributed by atoms with van der Waals surface area (Å²) < 4.78 is 0. The van der Waals surface area contributed by atoms with Gasteiger partial charge < -0.3 is 10.6 Å². The molecule has 1 amide bonds. The fourth-order valence-corrected chi connectivity index (χ4v) is 3.37. The summed E-state index contributed by atoms with van der Waals surface area (Å²) in [6.07, 6.45) is 4.04. The smallest absolute Gasteiger partial charge is 0.227 e. The Kier molecular flexibility index (Phi) is 5.30. The maximum absolute atomic E-state index is 12.5. The van der Waals surface area contributed by atoms with Crippen LogP contribution < -0.4 is 5.73 Å². The van der Waals surface area contributed by atoms with Gasteiger partial charge in [0.1, 0.15) is 0 Å². The molecule has 2 unspecified atom stereocenters. The van der Waals surface area contributed by atoms with Crippen LogP contribution in [0.4, 0.5) is 0 Å². The predicted octanol–water partition coefficient (Wildman–Crippen LogP) is 3.47. The minimum absolute atomic E-state index is 0.0124. The third-order valence-corrected chi connectivity index (χ3v) is 4.29. The zero-order chi connectivity index (χ0) is 14.7. The first-order valence-corrected chi connectivity index (χ1v) is 7.68. The van der Waals surface area contributed by atoms with Crippen LogP contribution >= 0.6 is 23.2 Å². The summed E-state index contributed by atoms with van der Waals surface area (Å²) in [6, 6.07) is 5.34. The van der Waals surface area contributed by atoms with Crippen LogP contribution in [0.2, 0.25) is 10.0 Å². The van der Waals surface area contributed by atoms with Crippen molar-refractivity contribution >= 4 is 29.1 Å². The highest BCUT2D eigenvalue weighted by atomic mass is 35.5. The number of halogens is 2. The lowest BCUT2D eigenvalue weighted by Crippen LogP contribution is -2.44. The van der Waals surface area contributed by atoms with Gasteiger partial charge in [-0.05, 0) is 36.6 Å². The van der Waals surface area contributed by atoms with E-state index in [2.05, 4.69) is 0 Å². The maximum Gasteiger partial charge on any atom is 0.227 e. The second-order valence-corrected chi connectivity index (χ2v) is 6.40. The van der Waals surface area contributed by atoms with E-state index in [1.807, 2.05) is 12.1 Å². The molecular formula is C15H20Cl2N2O. The summed E-state index contributed by atoms with van der Waals surface area (Å²) >= 11 is 12.0. The summed E-state index contributed by atoms with van der Waals surface area (Å²) in [5.74, 6) is 0.0664. The number of carbonyl (C=O) groups is 1. The van der Waals surface area contributed by atoms with Gasteiger partial charge in [0.25, 0.3) is 0 Å². The van der Waals surface area contributed by atoms with Crippen LogP contribution in [0.5, 0.6) is 0 Å². The molecule has 2 N–H and O–H groups in total. The highest BCUT2D eigenvalue weighted by Gasteiger charge is 2.30. The van der Waals surface area contributed by atoms with E-state index in [0.717, 1.165) is 31.2 Å². The van der Waals surface area contributed by atoms with E-state index in [9.17, 15) is 4.79 Å². The Balaban J connectivity index is 2.03. The number of hydrogen-bond acceptors (Lipinski definition) is 2. The Hall–Kier alpha value is -0.770. The van der Waals surface area contributed by atoms with E-state index in [4.69, 9.17) is 28.9 Å². The average molecular weight is 315 g/mol. The number of carbonyl (C=O) groups excluding carboxylic acids is 1. The number of amides is 1. The van der Waals surface area contributed by atoms with E-state index in [1.54, 1.807) is 18.0 Å². The number of nitrogens with zero attached hydrogens (tertiary/aromatic N) is 1. The van der Waals surface area contributed by atoms with Gasteiger partial charge in [-0.2, -0.15) is 0 Å². The SMILES string of the molecule is CN(Cc1cc(Cl)cc(Cl)c1)C(=O)C1CCCCC1N. The Bertz CT molecular complexity index is 473. The van der Waals surface area contributed by atoms with E-state index >= 15 is 0 Å². The molecule has 0 aliphatic heterocycles. The zero-order valence-corrected chi connectivity index (χ0v) is 13.1. The lowest BCUT2D eigenvalue weighted by molar-refractivity contribution is -0.136. The topological polar surface area (TPSA) is 46.3 Å². The molecule has 5 heteroatoms. The van der Waals surface area contributed by atoms with Crippen molar-refractivity contribution in [3.8, 4) is 0 Å². The van der Waals surface area contributed by atoms with Crippen LogP contribution in [0, 0.1) is 5.92 Å². The number of nitrogens with two attached hydrogens (primary N) is 1. The summed E-state index contributed by atoms with van der Waals surface area (Å²) in [5.41, 5.74) is 7.00. The fourth-order valence-electron chi connectivity index (χ4n) is 2.80. The first kappa shape index (κ1) is 15.6. The Morgan fingerprint density at radius 1 is 1.25 bits per heavy atom. The molecule has 0 saturated heterocycles. The van der Waals surface area contributed by atoms with Gasteiger partial charge in [0, 0.05) is 29.7 Å². The third kappa shape index (κ3) is 3.87. The van der Waals surface area contributed by atoms with Crippen molar-refractivity contribution < 1.29 is 4.79 Å². The van der Waals surface area contributed by atoms with E-state index in [1.165, 1.54) is 0 Å². The summed E-state index contributed by atoms with van der Waals surface area (Å²) in [6.45, 7) is 0.502. The molecule has 1 aliphatic carbocycles. The molecule has 1 aliphatic rings. The molecule has 20 heavy (non-hydrogen) atoms. The standard InChI is InChI=1S/C15H20Cl2N2O/c1-19(9-10-6-11(16)8-12(17)7-10)15(20)13-4-2-3-5-14(13)18/h6-8,13-14H,2-5,9,18H2,1H3. The molecular weight excluding hydrogens is 295 g/mol. The van der Waals surface area contributed by atoms with Crippen molar-refractivity contribution in [2.24, 2.45) is 11.7 Å². The minimum Gasteiger partial charge on any atom is -0.341 e. The van der Waals surface area contributed by atoms with Crippen molar-refractivity contribution in [2.45, 2.75) is 38.3 Å². The molecule has 3 nitrogen and oxygen atoms in total. The quantitative estimate of drug-likeness (QED) is 0.928. The number of rotatable bonds is 3. The Labute approximate surface area is 130 Å². The van der Waals surface area contributed by atoms with Crippen molar-refractivity contribution in [3.63, 3.8) is 0 Å². The Morgan fingerprint density at radius 3 is 2.45 bits per heavy atom. The van der Waals surface area contributed by atoms with E-state index < -0.39 is 0 Å². The van der Waals surface area contributed by atoms with Crippen molar-refractivity contribution in [1.29, 1.82) is 0 Å². The first-order chi connectivity index (χ1) is 9.47. The molecule has 0 radical (unpaired) electrons. The van der Waals surface area contributed by atoms with Crippen LogP contribution in [-0.4, -0.2) is 23.9 Å². The molecule has 0 heterocycles. The molecule has 2 atom stereocenters. The summed E-state index contributed by atoms with van der Waals surface area (Å²) in [5, 5.41) is 1.17. The van der Waals surface area contributed by atoms with Crippen LogP contribution in [0.1, 0.15) is 31.2 Å². The van der Waals surface area contributed by atoms with Crippen molar-refractivity contribution in [3.05, 3.63) is 33.8 Å². The Morgan fingerprint density at radius 2 is 1.85 bits per heavy atom. The van der Waals surface area contributed by atoms with Crippen molar-refractivity contribution in [1.82, 2.24) is 4.90 Å². The van der Waals surface area contributed by atoms with Gasteiger partial charge in [-0.25, -0.2) is 0 Å². The summed E-state index contributed by atoms with van der Waals surface area (Å²) in [4.78, 5) is 14.2. The summed E-state index contributed by atoms with van der Waals surface area (Å²) in [7, 11) is 1.80. The average Bonchev–Trinajstić information content (AvgIpc) is 2.37.